The lowest BCUT2D eigenvalue weighted by atomic mass is 10.2. The number of aliphatic carboxylic acids is 2. The third kappa shape index (κ3) is 9.73. The van der Waals surface area contributed by atoms with Crippen molar-refractivity contribution < 1.29 is 29.0 Å². The number of carboxylic acids is 2. The fourth-order valence-corrected chi connectivity index (χ4v) is 2.33. The first-order valence-corrected chi connectivity index (χ1v) is 8.55. The van der Waals surface area contributed by atoms with E-state index in [9.17, 15) is 9.18 Å². The second-order valence-electron chi connectivity index (χ2n) is 6.16. The monoisotopic (exact) mass is 368 g/mol. The van der Waals surface area contributed by atoms with Gasteiger partial charge in [-0.15, -0.1) is 0 Å². The molecule has 1 aliphatic carbocycles. The van der Waals surface area contributed by atoms with E-state index in [1.54, 1.807) is 12.1 Å². The standard InChI is InChI=1S/C16H23FN2O.C2H2O4/c1-2-9-19(12-13-6-7-13)10-8-16(20)18-15-5-3-4-14(17)11-15;3-1(4)2(5)6/h3-5,11,13H,2,6-10,12H2,1H3,(H,18,20);(H,3,4)(H,5,6). The molecule has 7 nitrogen and oxygen atoms in total. The topological polar surface area (TPSA) is 107 Å². The molecule has 2 rings (SSSR count). The minimum Gasteiger partial charge on any atom is -0.473 e. The third-order valence-corrected chi connectivity index (χ3v) is 3.70. The summed E-state index contributed by atoms with van der Waals surface area (Å²) in [5.74, 6) is -3.19. The van der Waals surface area contributed by atoms with Gasteiger partial charge in [-0.1, -0.05) is 13.0 Å². The fourth-order valence-electron chi connectivity index (χ4n) is 2.33. The van der Waals surface area contributed by atoms with Crippen LogP contribution in [0.3, 0.4) is 0 Å². The predicted octanol–water partition coefficient (Wildman–Crippen LogP) is 2.43. The van der Waals surface area contributed by atoms with Gasteiger partial charge in [-0.3, -0.25) is 4.79 Å². The van der Waals surface area contributed by atoms with E-state index in [0.717, 1.165) is 32.0 Å². The van der Waals surface area contributed by atoms with Gasteiger partial charge in [-0.25, -0.2) is 14.0 Å². The van der Waals surface area contributed by atoms with E-state index in [0.29, 0.717) is 12.1 Å². The van der Waals surface area contributed by atoms with Crippen LogP contribution in [0.15, 0.2) is 24.3 Å². The van der Waals surface area contributed by atoms with Crippen LogP contribution in [-0.2, 0) is 14.4 Å². The minimum atomic E-state index is -1.82. The van der Waals surface area contributed by atoms with Crippen molar-refractivity contribution in [3.8, 4) is 0 Å². The molecule has 1 aliphatic rings. The molecule has 1 fully saturated rings. The molecule has 0 atom stereocenters. The van der Waals surface area contributed by atoms with E-state index < -0.39 is 11.9 Å². The number of benzene rings is 1. The van der Waals surface area contributed by atoms with E-state index in [4.69, 9.17) is 19.8 Å². The zero-order valence-electron chi connectivity index (χ0n) is 14.8. The van der Waals surface area contributed by atoms with Crippen LogP contribution in [0.1, 0.15) is 32.6 Å². The Morgan fingerprint density at radius 3 is 2.35 bits per heavy atom. The Balaban J connectivity index is 0.000000487. The Hall–Kier alpha value is -2.48. The molecule has 3 N–H and O–H groups in total. The van der Waals surface area contributed by atoms with E-state index in [1.165, 1.54) is 25.0 Å². The Morgan fingerprint density at radius 2 is 1.85 bits per heavy atom. The molecule has 0 bridgehead atoms. The molecule has 0 saturated heterocycles. The molecule has 8 heteroatoms. The summed E-state index contributed by atoms with van der Waals surface area (Å²) in [7, 11) is 0. The molecule has 0 unspecified atom stereocenters. The Kier molecular flexibility index (Phi) is 9.29. The summed E-state index contributed by atoms with van der Waals surface area (Å²) in [5.41, 5.74) is 0.527. The maximum Gasteiger partial charge on any atom is 0.414 e. The second-order valence-corrected chi connectivity index (χ2v) is 6.16. The van der Waals surface area contributed by atoms with Crippen LogP contribution in [0.25, 0.3) is 0 Å². The molecular formula is C18H25FN2O5. The molecule has 0 spiro atoms. The van der Waals surface area contributed by atoms with Crippen LogP contribution in [0.4, 0.5) is 10.1 Å². The van der Waals surface area contributed by atoms with Crippen molar-refractivity contribution in [2.75, 3.05) is 25.0 Å². The number of halogens is 1. The fraction of sp³-hybridized carbons (Fsp3) is 0.500. The van der Waals surface area contributed by atoms with Crippen molar-refractivity contribution in [1.82, 2.24) is 4.90 Å². The zero-order chi connectivity index (χ0) is 19.5. The lowest BCUT2D eigenvalue weighted by Crippen LogP contribution is -2.30. The maximum absolute atomic E-state index is 13.0. The van der Waals surface area contributed by atoms with Gasteiger partial charge in [0, 0.05) is 25.2 Å². The van der Waals surface area contributed by atoms with Gasteiger partial charge < -0.3 is 20.4 Å². The molecule has 0 radical (unpaired) electrons. The first-order chi connectivity index (χ1) is 12.3. The number of carboxylic acid groups (broad SMARTS) is 2. The van der Waals surface area contributed by atoms with Gasteiger partial charge in [0.25, 0.3) is 0 Å². The SMILES string of the molecule is CCCN(CCC(=O)Nc1cccc(F)c1)CC1CC1.O=C(O)C(=O)O. The van der Waals surface area contributed by atoms with Gasteiger partial charge >= 0.3 is 11.9 Å². The summed E-state index contributed by atoms with van der Waals surface area (Å²) in [4.78, 5) is 32.4. The van der Waals surface area contributed by atoms with Gasteiger partial charge in [-0.05, 0) is 49.9 Å². The van der Waals surface area contributed by atoms with Gasteiger partial charge in [0.2, 0.25) is 5.91 Å². The number of nitrogens with zero attached hydrogens (tertiary/aromatic N) is 1. The highest BCUT2D eigenvalue weighted by molar-refractivity contribution is 6.27. The molecule has 26 heavy (non-hydrogen) atoms. The molecule has 1 aromatic carbocycles. The van der Waals surface area contributed by atoms with Crippen LogP contribution in [0, 0.1) is 11.7 Å². The molecule has 0 aromatic heterocycles. The van der Waals surface area contributed by atoms with Crippen LogP contribution in [0.5, 0.6) is 0 Å². The first kappa shape index (κ1) is 21.6. The lowest BCUT2D eigenvalue weighted by Gasteiger charge is -2.21. The van der Waals surface area contributed by atoms with Crippen molar-refractivity contribution in [3.05, 3.63) is 30.1 Å². The summed E-state index contributed by atoms with van der Waals surface area (Å²) in [6, 6.07) is 6.01. The summed E-state index contributed by atoms with van der Waals surface area (Å²) >= 11 is 0. The van der Waals surface area contributed by atoms with Gasteiger partial charge in [-0.2, -0.15) is 0 Å². The van der Waals surface area contributed by atoms with Gasteiger partial charge in [0.15, 0.2) is 0 Å². The van der Waals surface area contributed by atoms with E-state index in [1.807, 2.05) is 0 Å². The van der Waals surface area contributed by atoms with Crippen LogP contribution >= 0.6 is 0 Å². The van der Waals surface area contributed by atoms with E-state index >= 15 is 0 Å². The normalized spacial score (nSPS) is 12.9. The number of anilines is 1. The van der Waals surface area contributed by atoms with Crippen LogP contribution in [0.2, 0.25) is 0 Å². The average Bonchev–Trinajstić information content (AvgIpc) is 3.37. The van der Waals surface area contributed by atoms with Gasteiger partial charge in [0.1, 0.15) is 5.82 Å². The van der Waals surface area contributed by atoms with Gasteiger partial charge in [0.05, 0.1) is 0 Å². The van der Waals surface area contributed by atoms with Crippen molar-refractivity contribution >= 4 is 23.5 Å². The number of rotatable bonds is 8. The molecule has 1 saturated carbocycles. The quantitative estimate of drug-likeness (QED) is 0.609. The van der Waals surface area contributed by atoms with Crippen molar-refractivity contribution in [3.63, 3.8) is 0 Å². The largest absolute Gasteiger partial charge is 0.473 e. The Bertz CT molecular complexity index is 607. The number of hydrogen-bond donors (Lipinski definition) is 3. The molecule has 0 heterocycles. The summed E-state index contributed by atoms with van der Waals surface area (Å²) < 4.78 is 13.0. The van der Waals surface area contributed by atoms with Crippen molar-refractivity contribution in [2.45, 2.75) is 32.6 Å². The molecule has 1 aromatic rings. The zero-order valence-corrected chi connectivity index (χ0v) is 14.8. The smallest absolute Gasteiger partial charge is 0.414 e. The third-order valence-electron chi connectivity index (χ3n) is 3.70. The first-order valence-electron chi connectivity index (χ1n) is 8.55. The average molecular weight is 368 g/mol. The highest BCUT2D eigenvalue weighted by Crippen LogP contribution is 2.29. The summed E-state index contributed by atoms with van der Waals surface area (Å²) in [5, 5.41) is 17.5. The summed E-state index contributed by atoms with van der Waals surface area (Å²) in [6.07, 6.45) is 4.23. The van der Waals surface area contributed by atoms with E-state index in [2.05, 4.69) is 17.1 Å². The molecule has 0 aliphatic heterocycles. The maximum atomic E-state index is 13.0. The number of hydrogen-bond acceptors (Lipinski definition) is 4. The van der Waals surface area contributed by atoms with Crippen LogP contribution in [-0.4, -0.2) is 52.6 Å². The number of carbonyl (C=O) groups is 3. The molecule has 1 amide bonds. The number of nitrogens with one attached hydrogen (secondary N) is 1. The number of carbonyl (C=O) groups excluding carboxylic acids is 1. The van der Waals surface area contributed by atoms with Crippen molar-refractivity contribution in [1.29, 1.82) is 0 Å². The molecular weight excluding hydrogens is 343 g/mol. The minimum absolute atomic E-state index is 0.0486. The Labute approximate surface area is 151 Å². The molecule has 144 valence electrons. The highest BCUT2D eigenvalue weighted by atomic mass is 19.1. The lowest BCUT2D eigenvalue weighted by molar-refractivity contribution is -0.159. The van der Waals surface area contributed by atoms with Crippen molar-refractivity contribution in [2.24, 2.45) is 5.92 Å². The predicted molar refractivity (Wildman–Crippen MR) is 94.4 cm³/mol. The highest BCUT2D eigenvalue weighted by Gasteiger charge is 2.24. The van der Waals surface area contributed by atoms with E-state index in [-0.39, 0.29) is 11.7 Å². The van der Waals surface area contributed by atoms with Crippen LogP contribution < -0.4 is 5.32 Å². The summed E-state index contributed by atoms with van der Waals surface area (Å²) in [6.45, 7) is 5.10. The second kappa shape index (κ2) is 11.2. The Morgan fingerprint density at radius 1 is 1.19 bits per heavy atom. The number of amides is 1.